The van der Waals surface area contributed by atoms with Crippen LogP contribution in [0.2, 0.25) is 0 Å². The molecule has 19 heavy (non-hydrogen) atoms. The van der Waals surface area contributed by atoms with Crippen molar-refractivity contribution in [2.24, 2.45) is 0 Å². The zero-order valence-corrected chi connectivity index (χ0v) is 10.3. The Hall–Kier alpha value is -2.56. The van der Waals surface area contributed by atoms with E-state index < -0.39 is 5.97 Å². The summed E-state index contributed by atoms with van der Waals surface area (Å²) < 4.78 is 10.5. The van der Waals surface area contributed by atoms with E-state index in [1.165, 1.54) is 19.3 Å². The summed E-state index contributed by atoms with van der Waals surface area (Å²) in [6.45, 7) is 1.46. The number of benzene rings is 1. The monoisotopic (exact) mass is 260 g/mol. The fraction of sp³-hybridized carbons (Fsp3) is 0.143. The van der Waals surface area contributed by atoms with Crippen molar-refractivity contribution in [2.45, 2.75) is 13.5 Å². The number of carbonyl (C=O) groups is 2. The number of carbonyl (C=O) groups excluding carboxylic acids is 1. The molecule has 98 valence electrons. The minimum atomic E-state index is -1.06. The Morgan fingerprint density at radius 1 is 1.32 bits per heavy atom. The van der Waals surface area contributed by atoms with E-state index in [1.54, 1.807) is 24.3 Å². The third-order valence-electron chi connectivity index (χ3n) is 2.59. The molecule has 0 aliphatic carbocycles. The highest BCUT2D eigenvalue weighted by atomic mass is 16.5. The lowest BCUT2D eigenvalue weighted by atomic mass is 10.1. The highest BCUT2D eigenvalue weighted by Crippen LogP contribution is 2.17. The Labute approximate surface area is 109 Å². The van der Waals surface area contributed by atoms with E-state index in [0.717, 1.165) is 0 Å². The number of carboxylic acids is 1. The first-order chi connectivity index (χ1) is 9.08. The van der Waals surface area contributed by atoms with Gasteiger partial charge in [-0.25, -0.2) is 4.79 Å². The lowest BCUT2D eigenvalue weighted by Crippen LogP contribution is -2.03. The minimum absolute atomic E-state index is 0.00398. The first kappa shape index (κ1) is 12.9. The first-order valence-electron chi connectivity index (χ1n) is 5.61. The summed E-state index contributed by atoms with van der Waals surface area (Å²) in [5.41, 5.74) is 0.609. The standard InChI is InChI=1S/C14H12O5/c1-9(15)10-3-2-4-11(7-10)19-8-13-12(14(16)17)5-6-18-13/h2-7H,8H2,1H3,(H,16,17). The first-order valence-corrected chi connectivity index (χ1v) is 5.61. The van der Waals surface area contributed by atoms with E-state index in [9.17, 15) is 9.59 Å². The van der Waals surface area contributed by atoms with Crippen LogP contribution in [0.15, 0.2) is 41.0 Å². The average molecular weight is 260 g/mol. The second kappa shape index (κ2) is 5.39. The second-order valence-corrected chi connectivity index (χ2v) is 3.94. The largest absolute Gasteiger partial charge is 0.486 e. The molecule has 1 aromatic heterocycles. The number of ketones is 1. The zero-order chi connectivity index (χ0) is 13.8. The molecule has 0 saturated heterocycles. The van der Waals surface area contributed by atoms with Crippen LogP contribution in [0.5, 0.6) is 5.75 Å². The molecule has 0 atom stereocenters. The van der Waals surface area contributed by atoms with Gasteiger partial charge in [-0.3, -0.25) is 4.79 Å². The van der Waals surface area contributed by atoms with Gasteiger partial charge in [-0.1, -0.05) is 12.1 Å². The van der Waals surface area contributed by atoms with E-state index in [4.69, 9.17) is 14.3 Å². The Balaban J connectivity index is 2.10. The van der Waals surface area contributed by atoms with Crippen LogP contribution >= 0.6 is 0 Å². The van der Waals surface area contributed by atoms with Crippen LogP contribution in [0.4, 0.5) is 0 Å². The molecule has 0 amide bonds. The van der Waals surface area contributed by atoms with Gasteiger partial charge in [0.15, 0.2) is 11.5 Å². The van der Waals surface area contributed by atoms with E-state index in [0.29, 0.717) is 11.3 Å². The van der Waals surface area contributed by atoms with Gasteiger partial charge in [0.2, 0.25) is 0 Å². The van der Waals surface area contributed by atoms with Gasteiger partial charge in [-0.05, 0) is 25.1 Å². The molecule has 1 heterocycles. The number of hydrogen-bond donors (Lipinski definition) is 1. The van der Waals surface area contributed by atoms with Crippen LogP contribution < -0.4 is 4.74 Å². The molecule has 5 heteroatoms. The van der Waals surface area contributed by atoms with E-state index in [2.05, 4.69) is 0 Å². The van der Waals surface area contributed by atoms with Gasteiger partial charge >= 0.3 is 5.97 Å². The molecule has 0 aliphatic rings. The van der Waals surface area contributed by atoms with Crippen molar-refractivity contribution in [2.75, 3.05) is 0 Å². The number of Topliss-reactive ketones (excluding diaryl/α,β-unsaturated/α-hetero) is 1. The summed E-state index contributed by atoms with van der Waals surface area (Å²) in [5, 5.41) is 8.91. The van der Waals surface area contributed by atoms with Crippen molar-refractivity contribution in [1.29, 1.82) is 0 Å². The fourth-order valence-electron chi connectivity index (χ4n) is 1.60. The van der Waals surface area contributed by atoms with Crippen molar-refractivity contribution < 1.29 is 23.8 Å². The van der Waals surface area contributed by atoms with Gasteiger partial charge in [-0.2, -0.15) is 0 Å². The van der Waals surface area contributed by atoms with Gasteiger partial charge in [-0.15, -0.1) is 0 Å². The van der Waals surface area contributed by atoms with Crippen LogP contribution in [-0.4, -0.2) is 16.9 Å². The number of carboxylic acid groups (broad SMARTS) is 1. The molecule has 0 saturated carbocycles. The van der Waals surface area contributed by atoms with E-state index in [-0.39, 0.29) is 23.7 Å². The predicted molar refractivity (Wildman–Crippen MR) is 66.4 cm³/mol. The zero-order valence-electron chi connectivity index (χ0n) is 10.3. The summed E-state index contributed by atoms with van der Waals surface area (Å²) in [4.78, 5) is 22.1. The highest BCUT2D eigenvalue weighted by molar-refractivity contribution is 5.94. The molecular formula is C14H12O5. The predicted octanol–water partition coefficient (Wildman–Crippen LogP) is 2.76. The second-order valence-electron chi connectivity index (χ2n) is 3.94. The van der Waals surface area contributed by atoms with Crippen molar-refractivity contribution in [1.82, 2.24) is 0 Å². The fourth-order valence-corrected chi connectivity index (χ4v) is 1.60. The Bertz CT molecular complexity index is 612. The number of furan rings is 1. The normalized spacial score (nSPS) is 10.2. The molecule has 1 N–H and O–H groups in total. The van der Waals surface area contributed by atoms with Crippen LogP contribution in [0, 0.1) is 0 Å². The Kier molecular flexibility index (Phi) is 3.66. The van der Waals surface area contributed by atoms with Gasteiger partial charge in [0.25, 0.3) is 0 Å². The van der Waals surface area contributed by atoms with E-state index in [1.807, 2.05) is 0 Å². The molecule has 5 nitrogen and oxygen atoms in total. The van der Waals surface area contributed by atoms with Gasteiger partial charge in [0, 0.05) is 5.56 Å². The average Bonchev–Trinajstić information content (AvgIpc) is 2.85. The van der Waals surface area contributed by atoms with Crippen LogP contribution in [0.3, 0.4) is 0 Å². The van der Waals surface area contributed by atoms with Gasteiger partial charge in [0.1, 0.15) is 17.9 Å². The molecule has 2 rings (SSSR count). The maximum atomic E-state index is 11.2. The topological polar surface area (TPSA) is 76.7 Å². The molecule has 2 aromatic rings. The van der Waals surface area contributed by atoms with Crippen molar-refractivity contribution in [3.8, 4) is 5.75 Å². The molecule has 0 fully saturated rings. The number of rotatable bonds is 5. The minimum Gasteiger partial charge on any atom is -0.486 e. The number of hydrogen-bond acceptors (Lipinski definition) is 4. The molecule has 0 aliphatic heterocycles. The summed E-state index contributed by atoms with van der Waals surface area (Å²) in [6, 6.07) is 8.05. The summed E-state index contributed by atoms with van der Waals surface area (Å²) in [5.74, 6) is -0.402. The Morgan fingerprint density at radius 2 is 2.11 bits per heavy atom. The van der Waals surface area contributed by atoms with Crippen molar-refractivity contribution >= 4 is 11.8 Å². The molecule has 1 aromatic carbocycles. The van der Waals surface area contributed by atoms with Crippen LogP contribution in [-0.2, 0) is 6.61 Å². The van der Waals surface area contributed by atoms with Crippen LogP contribution in [0.1, 0.15) is 33.4 Å². The molecule has 0 bridgehead atoms. The van der Waals surface area contributed by atoms with Gasteiger partial charge in [0.05, 0.1) is 6.26 Å². The van der Waals surface area contributed by atoms with Crippen LogP contribution in [0.25, 0.3) is 0 Å². The van der Waals surface area contributed by atoms with E-state index >= 15 is 0 Å². The lowest BCUT2D eigenvalue weighted by molar-refractivity contribution is 0.0691. The summed E-state index contributed by atoms with van der Waals surface area (Å²) >= 11 is 0. The van der Waals surface area contributed by atoms with Crippen molar-refractivity contribution in [3.05, 3.63) is 53.5 Å². The van der Waals surface area contributed by atoms with Gasteiger partial charge < -0.3 is 14.3 Å². The SMILES string of the molecule is CC(=O)c1cccc(OCc2occc2C(=O)O)c1. The number of aromatic carboxylic acids is 1. The summed E-state index contributed by atoms with van der Waals surface area (Å²) in [6.07, 6.45) is 1.30. The quantitative estimate of drug-likeness (QED) is 0.836. The number of ether oxygens (including phenoxy) is 1. The third-order valence-corrected chi connectivity index (χ3v) is 2.59. The lowest BCUT2D eigenvalue weighted by Gasteiger charge is -2.06. The smallest absolute Gasteiger partial charge is 0.339 e. The third kappa shape index (κ3) is 3.01. The highest BCUT2D eigenvalue weighted by Gasteiger charge is 2.13. The van der Waals surface area contributed by atoms with Crippen molar-refractivity contribution in [3.63, 3.8) is 0 Å². The molecule has 0 radical (unpaired) electrons. The maximum absolute atomic E-state index is 11.2. The molecular weight excluding hydrogens is 248 g/mol. The summed E-state index contributed by atoms with van der Waals surface area (Å²) in [7, 11) is 0. The molecule has 0 spiro atoms. The Morgan fingerprint density at radius 3 is 2.79 bits per heavy atom. The molecule has 0 unspecified atom stereocenters. The maximum Gasteiger partial charge on any atom is 0.339 e.